The number of hydrogen-bond donors (Lipinski definition) is 1. The Bertz CT molecular complexity index is 364. The molecule has 3 heteroatoms. The van der Waals surface area contributed by atoms with Crippen LogP contribution in [0.1, 0.15) is 17.2 Å². The molecular formula is C11H13ClN2. The molecule has 0 bridgehead atoms. The maximum atomic E-state index is 6.19. The van der Waals surface area contributed by atoms with Crippen molar-refractivity contribution in [3.05, 3.63) is 34.3 Å². The van der Waals surface area contributed by atoms with Gasteiger partial charge in [-0.05, 0) is 17.2 Å². The minimum atomic E-state index is 0.553. The van der Waals surface area contributed by atoms with Crippen LogP contribution in [-0.4, -0.2) is 24.5 Å². The third-order valence-electron chi connectivity index (χ3n) is 3.23. The molecule has 3 rings (SSSR count). The van der Waals surface area contributed by atoms with Crippen LogP contribution in [0.25, 0.3) is 0 Å². The van der Waals surface area contributed by atoms with Gasteiger partial charge in [0.1, 0.15) is 0 Å². The molecule has 2 aliphatic rings. The van der Waals surface area contributed by atoms with Gasteiger partial charge in [0.15, 0.2) is 0 Å². The first kappa shape index (κ1) is 8.72. The largest absolute Gasteiger partial charge is 0.314 e. The molecular weight excluding hydrogens is 196 g/mol. The summed E-state index contributed by atoms with van der Waals surface area (Å²) in [5.41, 5.74) is 2.76. The first-order valence-corrected chi connectivity index (χ1v) is 5.46. The van der Waals surface area contributed by atoms with Crippen LogP contribution in [0.2, 0.25) is 5.02 Å². The van der Waals surface area contributed by atoms with Crippen molar-refractivity contribution < 1.29 is 0 Å². The van der Waals surface area contributed by atoms with Crippen LogP contribution < -0.4 is 5.32 Å². The van der Waals surface area contributed by atoms with E-state index in [0.717, 1.165) is 31.2 Å². The summed E-state index contributed by atoms with van der Waals surface area (Å²) in [5.74, 6) is 0. The summed E-state index contributed by atoms with van der Waals surface area (Å²) in [5, 5.41) is 4.36. The van der Waals surface area contributed by atoms with Gasteiger partial charge in [0, 0.05) is 37.2 Å². The van der Waals surface area contributed by atoms with Crippen molar-refractivity contribution in [3.63, 3.8) is 0 Å². The fourth-order valence-corrected chi connectivity index (χ4v) is 2.74. The Balaban J connectivity index is 2.05. The lowest BCUT2D eigenvalue weighted by molar-refractivity contribution is 0.178. The highest BCUT2D eigenvalue weighted by molar-refractivity contribution is 6.31. The molecule has 1 fully saturated rings. The number of piperazine rings is 1. The number of nitrogens with zero attached hydrogens (tertiary/aromatic N) is 1. The van der Waals surface area contributed by atoms with E-state index in [-0.39, 0.29) is 0 Å². The third-order valence-corrected chi connectivity index (χ3v) is 3.58. The van der Waals surface area contributed by atoms with Gasteiger partial charge < -0.3 is 5.32 Å². The molecule has 0 unspecified atom stereocenters. The Morgan fingerprint density at radius 3 is 3.29 bits per heavy atom. The number of nitrogens with one attached hydrogen (secondary N) is 1. The highest BCUT2D eigenvalue weighted by Crippen LogP contribution is 2.37. The van der Waals surface area contributed by atoms with E-state index in [1.165, 1.54) is 11.1 Å². The van der Waals surface area contributed by atoms with Crippen molar-refractivity contribution in [3.8, 4) is 0 Å². The van der Waals surface area contributed by atoms with Gasteiger partial charge in [0.2, 0.25) is 0 Å². The Labute approximate surface area is 88.9 Å². The van der Waals surface area contributed by atoms with E-state index >= 15 is 0 Å². The lowest BCUT2D eigenvalue weighted by Crippen LogP contribution is -2.42. The molecule has 0 saturated carbocycles. The normalized spacial score (nSPS) is 25.9. The summed E-state index contributed by atoms with van der Waals surface area (Å²) in [6.45, 7) is 4.33. The van der Waals surface area contributed by atoms with E-state index in [1.807, 2.05) is 6.07 Å². The molecule has 0 aliphatic carbocycles. The average molecular weight is 209 g/mol. The Kier molecular flexibility index (Phi) is 2.01. The van der Waals surface area contributed by atoms with Crippen molar-refractivity contribution in [1.29, 1.82) is 0 Å². The first-order valence-electron chi connectivity index (χ1n) is 5.08. The molecule has 14 heavy (non-hydrogen) atoms. The maximum Gasteiger partial charge on any atom is 0.0480 e. The van der Waals surface area contributed by atoms with E-state index < -0.39 is 0 Å². The van der Waals surface area contributed by atoms with Crippen molar-refractivity contribution in [2.45, 2.75) is 12.6 Å². The van der Waals surface area contributed by atoms with Gasteiger partial charge in [0.05, 0.1) is 0 Å². The van der Waals surface area contributed by atoms with Gasteiger partial charge in [0.25, 0.3) is 0 Å². The summed E-state index contributed by atoms with van der Waals surface area (Å²) >= 11 is 6.19. The predicted octanol–water partition coefficient (Wildman–Crippen LogP) is 1.80. The quantitative estimate of drug-likeness (QED) is 0.700. The maximum absolute atomic E-state index is 6.19. The van der Waals surface area contributed by atoms with Crippen molar-refractivity contribution in [1.82, 2.24) is 10.2 Å². The molecule has 0 radical (unpaired) electrons. The third kappa shape index (κ3) is 1.18. The Hall–Kier alpha value is -0.570. The average Bonchev–Trinajstić information content (AvgIpc) is 2.59. The monoisotopic (exact) mass is 208 g/mol. The standard InChI is InChI=1S/C11H13ClN2/c12-10-3-1-2-8-9(10)7-14-5-4-13-6-11(8)14/h1-3,11,13H,4-7H2/t11-/m0/s1. The van der Waals surface area contributed by atoms with E-state index in [9.17, 15) is 0 Å². The smallest absolute Gasteiger partial charge is 0.0480 e. The molecule has 2 heterocycles. The van der Waals surface area contributed by atoms with Crippen molar-refractivity contribution >= 4 is 11.6 Å². The number of hydrogen-bond acceptors (Lipinski definition) is 2. The lowest BCUT2D eigenvalue weighted by atomic mass is 10.0. The molecule has 74 valence electrons. The van der Waals surface area contributed by atoms with Gasteiger partial charge in [-0.25, -0.2) is 0 Å². The molecule has 1 atom stereocenters. The van der Waals surface area contributed by atoms with Crippen LogP contribution in [0, 0.1) is 0 Å². The minimum Gasteiger partial charge on any atom is -0.314 e. The van der Waals surface area contributed by atoms with E-state index in [4.69, 9.17) is 11.6 Å². The van der Waals surface area contributed by atoms with Crippen LogP contribution in [0.15, 0.2) is 18.2 Å². The van der Waals surface area contributed by atoms with Gasteiger partial charge in [-0.2, -0.15) is 0 Å². The Morgan fingerprint density at radius 1 is 1.43 bits per heavy atom. The van der Waals surface area contributed by atoms with E-state index in [2.05, 4.69) is 22.3 Å². The first-order chi connectivity index (χ1) is 6.86. The van der Waals surface area contributed by atoms with Gasteiger partial charge in [-0.1, -0.05) is 23.7 Å². The topological polar surface area (TPSA) is 15.3 Å². The minimum absolute atomic E-state index is 0.553. The van der Waals surface area contributed by atoms with Gasteiger partial charge >= 0.3 is 0 Å². The predicted molar refractivity (Wildman–Crippen MR) is 57.5 cm³/mol. The molecule has 0 aromatic heterocycles. The zero-order valence-electron chi connectivity index (χ0n) is 7.96. The van der Waals surface area contributed by atoms with Gasteiger partial charge in [-0.15, -0.1) is 0 Å². The van der Waals surface area contributed by atoms with Crippen molar-refractivity contribution in [2.75, 3.05) is 19.6 Å². The fourth-order valence-electron chi connectivity index (χ4n) is 2.50. The molecule has 0 amide bonds. The van der Waals surface area contributed by atoms with Crippen molar-refractivity contribution in [2.24, 2.45) is 0 Å². The zero-order chi connectivity index (χ0) is 9.54. The number of benzene rings is 1. The summed E-state index contributed by atoms with van der Waals surface area (Å²) in [4.78, 5) is 2.51. The Morgan fingerprint density at radius 2 is 2.36 bits per heavy atom. The summed E-state index contributed by atoms with van der Waals surface area (Å²) in [6, 6.07) is 6.81. The van der Waals surface area contributed by atoms with Crippen LogP contribution in [0.4, 0.5) is 0 Å². The molecule has 2 aliphatic heterocycles. The number of rotatable bonds is 0. The van der Waals surface area contributed by atoms with Crippen LogP contribution in [0.3, 0.4) is 0 Å². The lowest BCUT2D eigenvalue weighted by Gasteiger charge is -2.30. The van der Waals surface area contributed by atoms with E-state index in [0.29, 0.717) is 6.04 Å². The fraction of sp³-hybridized carbons (Fsp3) is 0.455. The second kappa shape index (κ2) is 3.23. The molecule has 0 spiro atoms. The summed E-state index contributed by atoms with van der Waals surface area (Å²) < 4.78 is 0. The second-order valence-corrected chi connectivity index (χ2v) is 4.41. The second-order valence-electron chi connectivity index (χ2n) is 4.00. The zero-order valence-corrected chi connectivity index (χ0v) is 8.72. The SMILES string of the molecule is Clc1cccc2c1CN1CCNC[C@@H]21. The highest BCUT2D eigenvalue weighted by atomic mass is 35.5. The number of fused-ring (bicyclic) bond motifs is 3. The summed E-state index contributed by atoms with van der Waals surface area (Å²) in [6.07, 6.45) is 0. The van der Waals surface area contributed by atoms with Crippen LogP contribution >= 0.6 is 11.6 Å². The molecule has 1 aromatic carbocycles. The van der Waals surface area contributed by atoms with E-state index in [1.54, 1.807) is 0 Å². The summed E-state index contributed by atoms with van der Waals surface area (Å²) in [7, 11) is 0. The molecule has 1 N–H and O–H groups in total. The number of halogens is 1. The highest BCUT2D eigenvalue weighted by Gasteiger charge is 2.32. The molecule has 1 aromatic rings. The van der Waals surface area contributed by atoms with Gasteiger partial charge in [-0.3, -0.25) is 4.90 Å². The molecule has 1 saturated heterocycles. The molecule has 2 nitrogen and oxygen atoms in total. The van der Waals surface area contributed by atoms with Crippen LogP contribution in [-0.2, 0) is 6.54 Å². The van der Waals surface area contributed by atoms with Crippen LogP contribution in [0.5, 0.6) is 0 Å².